The summed E-state index contributed by atoms with van der Waals surface area (Å²) in [5.74, 6) is -0.184. The molecule has 1 aliphatic heterocycles. The van der Waals surface area contributed by atoms with Gasteiger partial charge >= 0.3 is 0 Å². The number of amides is 1. The van der Waals surface area contributed by atoms with Crippen LogP contribution in [0.2, 0.25) is 0 Å². The largest absolute Gasteiger partial charge is 0.398 e. The van der Waals surface area contributed by atoms with E-state index < -0.39 is 0 Å². The van der Waals surface area contributed by atoms with Gasteiger partial charge in [-0.15, -0.1) is 0 Å². The number of nitrogens with two attached hydrogens (primary N) is 1. The van der Waals surface area contributed by atoms with E-state index in [1.54, 1.807) is 0 Å². The van der Waals surface area contributed by atoms with Crippen molar-refractivity contribution < 1.29 is 9.59 Å². The summed E-state index contributed by atoms with van der Waals surface area (Å²) in [6.07, 6.45) is -0.00129. The molecule has 18 heavy (non-hydrogen) atoms. The van der Waals surface area contributed by atoms with Crippen molar-refractivity contribution in [2.24, 2.45) is 0 Å². The van der Waals surface area contributed by atoms with Gasteiger partial charge in [0.1, 0.15) is 0 Å². The third-order valence-corrected chi connectivity index (χ3v) is 3.21. The van der Waals surface area contributed by atoms with Gasteiger partial charge in [0.25, 0.3) is 0 Å². The van der Waals surface area contributed by atoms with Crippen LogP contribution in [0.25, 0.3) is 10.8 Å². The molecule has 90 valence electrons. The summed E-state index contributed by atoms with van der Waals surface area (Å²) in [7, 11) is 0. The third-order valence-electron chi connectivity index (χ3n) is 3.21. The maximum absolute atomic E-state index is 11.8. The first-order chi connectivity index (χ1) is 8.66. The van der Waals surface area contributed by atoms with E-state index in [0.717, 1.165) is 16.5 Å². The first kappa shape index (κ1) is 10.8. The van der Waals surface area contributed by atoms with Gasteiger partial charge in [-0.1, -0.05) is 24.3 Å². The molecule has 1 amide bonds. The number of carbonyl (C=O) groups is 2. The Bertz CT molecular complexity index is 664. The fourth-order valence-corrected chi connectivity index (χ4v) is 2.36. The van der Waals surface area contributed by atoms with Gasteiger partial charge in [-0.05, 0) is 12.1 Å². The topological polar surface area (TPSA) is 63.4 Å². The van der Waals surface area contributed by atoms with Gasteiger partial charge in [0, 0.05) is 16.5 Å². The normalized spacial score (nSPS) is 15.7. The highest BCUT2D eigenvalue weighted by molar-refractivity contribution is 6.18. The van der Waals surface area contributed by atoms with Crippen LogP contribution in [0, 0.1) is 0 Å². The fraction of sp³-hybridized carbons (Fsp3) is 0.143. The number of benzene rings is 2. The van der Waals surface area contributed by atoms with Crippen molar-refractivity contribution in [3.8, 4) is 0 Å². The molecule has 0 saturated carbocycles. The van der Waals surface area contributed by atoms with Crippen molar-refractivity contribution in [1.29, 1.82) is 0 Å². The van der Waals surface area contributed by atoms with E-state index in [0.29, 0.717) is 5.69 Å². The number of hydrogen-bond acceptors (Lipinski definition) is 3. The van der Waals surface area contributed by atoms with Crippen LogP contribution in [0.3, 0.4) is 0 Å². The second-order valence-electron chi connectivity index (χ2n) is 4.41. The van der Waals surface area contributed by atoms with Crippen LogP contribution in [0.1, 0.15) is 6.42 Å². The Labute approximate surface area is 104 Å². The smallest absolute Gasteiger partial charge is 0.234 e. The van der Waals surface area contributed by atoms with Gasteiger partial charge < -0.3 is 10.6 Å². The lowest BCUT2D eigenvalue weighted by Crippen LogP contribution is -2.24. The molecule has 2 N–H and O–H groups in total. The lowest BCUT2D eigenvalue weighted by molar-refractivity contribution is -0.121. The van der Waals surface area contributed by atoms with Crippen molar-refractivity contribution in [2.75, 3.05) is 17.2 Å². The lowest BCUT2D eigenvalue weighted by Gasteiger charge is -2.17. The highest BCUT2D eigenvalue weighted by Gasteiger charge is 2.29. The van der Waals surface area contributed by atoms with E-state index >= 15 is 0 Å². The van der Waals surface area contributed by atoms with E-state index in [2.05, 4.69) is 0 Å². The number of nitrogens with zero attached hydrogens (tertiary/aromatic N) is 1. The number of hydrogen-bond donors (Lipinski definition) is 1. The SMILES string of the molecule is Nc1cccc2c(N3CC(=O)CC3=O)cccc12. The molecule has 1 heterocycles. The molecule has 4 nitrogen and oxygen atoms in total. The van der Waals surface area contributed by atoms with Gasteiger partial charge in [-0.2, -0.15) is 0 Å². The molecule has 1 aliphatic rings. The number of anilines is 2. The molecule has 4 heteroatoms. The summed E-state index contributed by atoms with van der Waals surface area (Å²) in [5.41, 5.74) is 7.35. The van der Waals surface area contributed by atoms with Crippen LogP contribution < -0.4 is 10.6 Å². The summed E-state index contributed by atoms with van der Waals surface area (Å²) in [5, 5.41) is 1.81. The zero-order chi connectivity index (χ0) is 12.7. The fourth-order valence-electron chi connectivity index (χ4n) is 2.36. The molecular weight excluding hydrogens is 228 g/mol. The number of carbonyl (C=O) groups excluding carboxylic acids is 2. The summed E-state index contributed by atoms with van der Waals surface area (Å²) in [6, 6.07) is 11.2. The third kappa shape index (κ3) is 1.54. The maximum Gasteiger partial charge on any atom is 0.234 e. The summed E-state index contributed by atoms with van der Waals surface area (Å²) < 4.78 is 0. The molecule has 0 aromatic heterocycles. The van der Waals surface area contributed by atoms with E-state index in [-0.39, 0.29) is 24.7 Å². The number of nitrogen functional groups attached to an aromatic ring is 1. The number of ketones is 1. The molecule has 0 bridgehead atoms. The van der Waals surface area contributed by atoms with Crippen LogP contribution in [0.5, 0.6) is 0 Å². The summed E-state index contributed by atoms with van der Waals surface area (Å²) in [4.78, 5) is 24.7. The van der Waals surface area contributed by atoms with Crippen molar-refractivity contribution >= 4 is 33.8 Å². The Morgan fingerprint density at radius 1 is 1.00 bits per heavy atom. The quantitative estimate of drug-likeness (QED) is 0.610. The van der Waals surface area contributed by atoms with Crippen LogP contribution >= 0.6 is 0 Å². The molecule has 0 radical (unpaired) electrons. The van der Waals surface area contributed by atoms with Crippen LogP contribution in [-0.2, 0) is 9.59 Å². The number of rotatable bonds is 1. The molecule has 2 aromatic carbocycles. The van der Waals surface area contributed by atoms with Crippen molar-refractivity contribution in [3.05, 3.63) is 36.4 Å². The Hall–Kier alpha value is -2.36. The molecule has 1 saturated heterocycles. The first-order valence-corrected chi connectivity index (χ1v) is 5.76. The van der Waals surface area contributed by atoms with E-state index in [1.165, 1.54) is 4.90 Å². The molecule has 1 fully saturated rings. The summed E-state index contributed by atoms with van der Waals surface area (Å²) in [6.45, 7) is 0.159. The Kier molecular flexibility index (Phi) is 2.30. The van der Waals surface area contributed by atoms with Gasteiger partial charge in [0.15, 0.2) is 5.78 Å². The minimum absolute atomic E-state index is 0.00129. The van der Waals surface area contributed by atoms with E-state index in [1.807, 2.05) is 36.4 Å². The Balaban J connectivity index is 2.21. The zero-order valence-corrected chi connectivity index (χ0v) is 9.72. The molecule has 2 aromatic rings. The Morgan fingerprint density at radius 3 is 2.44 bits per heavy atom. The first-order valence-electron chi connectivity index (χ1n) is 5.76. The highest BCUT2D eigenvalue weighted by Crippen LogP contribution is 2.31. The average Bonchev–Trinajstić information content (AvgIpc) is 2.68. The highest BCUT2D eigenvalue weighted by atomic mass is 16.2. The molecule has 0 aliphatic carbocycles. The Morgan fingerprint density at radius 2 is 1.72 bits per heavy atom. The van der Waals surface area contributed by atoms with Crippen LogP contribution in [0.4, 0.5) is 11.4 Å². The van der Waals surface area contributed by atoms with Gasteiger partial charge in [-0.25, -0.2) is 0 Å². The van der Waals surface area contributed by atoms with Gasteiger partial charge in [-0.3, -0.25) is 9.59 Å². The predicted molar refractivity (Wildman–Crippen MR) is 70.3 cm³/mol. The minimum Gasteiger partial charge on any atom is -0.398 e. The molecule has 0 unspecified atom stereocenters. The van der Waals surface area contributed by atoms with Gasteiger partial charge in [0.2, 0.25) is 5.91 Å². The van der Waals surface area contributed by atoms with Crippen molar-refractivity contribution in [2.45, 2.75) is 6.42 Å². The zero-order valence-electron chi connectivity index (χ0n) is 9.72. The lowest BCUT2D eigenvalue weighted by atomic mass is 10.1. The minimum atomic E-state index is -0.144. The van der Waals surface area contributed by atoms with Gasteiger partial charge in [0.05, 0.1) is 18.7 Å². The van der Waals surface area contributed by atoms with Crippen LogP contribution in [-0.4, -0.2) is 18.2 Å². The number of fused-ring (bicyclic) bond motifs is 1. The van der Waals surface area contributed by atoms with Crippen molar-refractivity contribution in [3.63, 3.8) is 0 Å². The second kappa shape index (κ2) is 3.84. The standard InChI is InChI=1S/C14H12N2O2/c15-12-5-1-4-11-10(12)3-2-6-13(11)16-8-9(17)7-14(16)18/h1-6H,7-8,15H2. The average molecular weight is 240 g/mol. The molecule has 3 rings (SSSR count). The molecular formula is C14H12N2O2. The molecule has 0 spiro atoms. The predicted octanol–water partition coefficient (Wildman–Crippen LogP) is 1.73. The summed E-state index contributed by atoms with van der Waals surface area (Å²) >= 11 is 0. The molecule has 0 atom stereocenters. The monoisotopic (exact) mass is 240 g/mol. The second-order valence-corrected chi connectivity index (χ2v) is 4.41. The van der Waals surface area contributed by atoms with E-state index in [9.17, 15) is 9.59 Å². The van der Waals surface area contributed by atoms with Crippen molar-refractivity contribution in [1.82, 2.24) is 0 Å². The maximum atomic E-state index is 11.8. The number of Topliss-reactive ketones (excluding diaryl/α,β-unsaturated/α-hetero) is 1. The van der Waals surface area contributed by atoms with E-state index in [4.69, 9.17) is 5.73 Å². The van der Waals surface area contributed by atoms with Crippen LogP contribution in [0.15, 0.2) is 36.4 Å².